The predicted octanol–water partition coefficient (Wildman–Crippen LogP) is 1.66. The van der Waals surface area contributed by atoms with Crippen molar-refractivity contribution in [3.63, 3.8) is 0 Å². The van der Waals surface area contributed by atoms with E-state index in [0.29, 0.717) is 12.0 Å². The Morgan fingerprint density at radius 1 is 1.12 bits per heavy atom. The van der Waals surface area contributed by atoms with Gasteiger partial charge in [-0.3, -0.25) is 0 Å². The first-order valence-corrected chi connectivity index (χ1v) is 9.50. The van der Waals surface area contributed by atoms with Crippen LogP contribution in [0.2, 0.25) is 0 Å². The summed E-state index contributed by atoms with van der Waals surface area (Å²) in [5, 5.41) is 17.0. The van der Waals surface area contributed by atoms with E-state index in [0.717, 1.165) is 56.4 Å². The fourth-order valence-corrected chi connectivity index (χ4v) is 4.40. The average Bonchev–Trinajstić information content (AvgIpc) is 3.52. The summed E-state index contributed by atoms with van der Waals surface area (Å²) in [6, 6.07) is 3.09. The van der Waals surface area contributed by atoms with Gasteiger partial charge in [0.15, 0.2) is 0 Å². The summed E-state index contributed by atoms with van der Waals surface area (Å²) in [6.45, 7) is 4.83. The molecule has 0 amide bonds. The molecule has 2 N–H and O–H groups in total. The lowest BCUT2D eigenvalue weighted by atomic mass is 9.93. The normalized spacial score (nSPS) is 26.8. The van der Waals surface area contributed by atoms with Crippen molar-refractivity contribution in [2.45, 2.75) is 50.6 Å². The smallest absolute Gasteiger partial charge is 0.147 e. The number of rotatable bonds is 3. The number of nitrogens with zero attached hydrogens (tertiary/aromatic N) is 3. The van der Waals surface area contributed by atoms with E-state index in [2.05, 4.69) is 21.6 Å². The number of nitriles is 1. The summed E-state index contributed by atoms with van der Waals surface area (Å²) in [4.78, 5) is 7.49. The van der Waals surface area contributed by atoms with Crippen molar-refractivity contribution >= 4 is 5.82 Å². The number of anilines is 1. The van der Waals surface area contributed by atoms with Crippen LogP contribution in [0.5, 0.6) is 0 Å². The van der Waals surface area contributed by atoms with Gasteiger partial charge in [-0.05, 0) is 55.7 Å². The minimum Gasteiger partial charge on any atom is -0.353 e. The van der Waals surface area contributed by atoms with Crippen molar-refractivity contribution in [1.82, 2.24) is 15.6 Å². The average molecular weight is 323 g/mol. The van der Waals surface area contributed by atoms with Gasteiger partial charge in [0.25, 0.3) is 0 Å². The Bertz CT molecular complexity index is 699. The molecule has 2 aliphatic carbocycles. The molecule has 2 saturated carbocycles. The molecule has 1 unspecified atom stereocenters. The molecule has 126 valence electrons. The van der Waals surface area contributed by atoms with Crippen molar-refractivity contribution in [3.8, 4) is 6.07 Å². The SMILES string of the molecule is N#Cc1c(N2CCNC(C3CC3)C2)nc(C2CC2)c2c1CCNC2. The Kier molecular flexibility index (Phi) is 3.50. The number of piperazine rings is 1. The Morgan fingerprint density at radius 3 is 2.75 bits per heavy atom. The van der Waals surface area contributed by atoms with Crippen LogP contribution < -0.4 is 15.5 Å². The number of hydrogen-bond acceptors (Lipinski definition) is 5. The van der Waals surface area contributed by atoms with Gasteiger partial charge < -0.3 is 15.5 Å². The van der Waals surface area contributed by atoms with E-state index in [1.165, 1.54) is 42.5 Å². The Morgan fingerprint density at radius 2 is 2.00 bits per heavy atom. The Balaban J connectivity index is 1.56. The highest BCUT2D eigenvalue weighted by Gasteiger charge is 2.37. The second kappa shape index (κ2) is 5.72. The molecular formula is C19H25N5. The van der Waals surface area contributed by atoms with E-state index in [1.54, 1.807) is 0 Å². The van der Waals surface area contributed by atoms with Gasteiger partial charge in [0.1, 0.15) is 11.9 Å². The highest BCUT2D eigenvalue weighted by Crippen LogP contribution is 2.44. The third kappa shape index (κ3) is 2.49. The topological polar surface area (TPSA) is 64.0 Å². The molecule has 1 aromatic heterocycles. The van der Waals surface area contributed by atoms with Gasteiger partial charge in [0.2, 0.25) is 0 Å². The lowest BCUT2D eigenvalue weighted by Crippen LogP contribution is -2.52. The summed E-state index contributed by atoms with van der Waals surface area (Å²) >= 11 is 0. The number of fused-ring (bicyclic) bond motifs is 1. The second-order valence-corrected chi connectivity index (χ2v) is 7.81. The molecule has 0 spiro atoms. The van der Waals surface area contributed by atoms with Crippen molar-refractivity contribution < 1.29 is 0 Å². The van der Waals surface area contributed by atoms with E-state index in [9.17, 15) is 5.26 Å². The van der Waals surface area contributed by atoms with Crippen molar-refractivity contribution in [3.05, 3.63) is 22.4 Å². The first kappa shape index (κ1) is 14.7. The molecule has 5 nitrogen and oxygen atoms in total. The minimum atomic E-state index is 0.578. The van der Waals surface area contributed by atoms with E-state index in [4.69, 9.17) is 4.98 Å². The van der Waals surface area contributed by atoms with Crippen LogP contribution in [0.1, 0.15) is 54.0 Å². The Hall–Kier alpha value is -1.64. The molecule has 1 aromatic rings. The summed E-state index contributed by atoms with van der Waals surface area (Å²) in [5.41, 5.74) is 4.75. The highest BCUT2D eigenvalue weighted by atomic mass is 15.2. The highest BCUT2D eigenvalue weighted by molar-refractivity contribution is 5.62. The minimum absolute atomic E-state index is 0.578. The molecule has 3 heterocycles. The number of aromatic nitrogens is 1. The van der Waals surface area contributed by atoms with Crippen LogP contribution in [-0.4, -0.2) is 37.2 Å². The first-order chi connectivity index (χ1) is 11.8. The molecule has 1 saturated heterocycles. The lowest BCUT2D eigenvalue weighted by Gasteiger charge is -2.36. The molecule has 3 fully saturated rings. The van der Waals surface area contributed by atoms with Crippen LogP contribution in [0.4, 0.5) is 5.82 Å². The van der Waals surface area contributed by atoms with Crippen LogP contribution in [0.25, 0.3) is 0 Å². The fourth-order valence-electron chi connectivity index (χ4n) is 4.40. The molecule has 0 aromatic carbocycles. The quantitative estimate of drug-likeness (QED) is 0.886. The third-order valence-corrected chi connectivity index (χ3v) is 6.05. The molecule has 5 heteroatoms. The van der Waals surface area contributed by atoms with Crippen LogP contribution in [0.15, 0.2) is 0 Å². The van der Waals surface area contributed by atoms with Gasteiger partial charge in [0.05, 0.1) is 11.3 Å². The number of pyridine rings is 1. The zero-order valence-electron chi connectivity index (χ0n) is 14.1. The summed E-state index contributed by atoms with van der Waals surface area (Å²) in [6.07, 6.45) is 6.19. The predicted molar refractivity (Wildman–Crippen MR) is 93.1 cm³/mol. The van der Waals surface area contributed by atoms with E-state index in [1.807, 2.05) is 0 Å². The molecule has 5 rings (SSSR count). The third-order valence-electron chi connectivity index (χ3n) is 6.05. The molecule has 2 aliphatic heterocycles. The summed E-state index contributed by atoms with van der Waals surface area (Å²) in [5.74, 6) is 2.45. The molecule has 0 bridgehead atoms. The summed E-state index contributed by atoms with van der Waals surface area (Å²) < 4.78 is 0. The van der Waals surface area contributed by atoms with Crippen LogP contribution in [0.3, 0.4) is 0 Å². The zero-order chi connectivity index (χ0) is 16.1. The Labute approximate surface area is 143 Å². The van der Waals surface area contributed by atoms with E-state index < -0.39 is 0 Å². The van der Waals surface area contributed by atoms with Crippen molar-refractivity contribution in [1.29, 1.82) is 5.26 Å². The zero-order valence-corrected chi connectivity index (χ0v) is 14.1. The van der Waals surface area contributed by atoms with Gasteiger partial charge in [-0.25, -0.2) is 4.98 Å². The van der Waals surface area contributed by atoms with Gasteiger partial charge in [0, 0.05) is 38.1 Å². The van der Waals surface area contributed by atoms with Gasteiger partial charge in [-0.2, -0.15) is 5.26 Å². The van der Waals surface area contributed by atoms with Crippen molar-refractivity contribution in [2.75, 3.05) is 31.1 Å². The fraction of sp³-hybridized carbons (Fsp3) is 0.684. The maximum atomic E-state index is 9.88. The van der Waals surface area contributed by atoms with E-state index >= 15 is 0 Å². The molecular weight excluding hydrogens is 298 g/mol. The standard InChI is InChI=1S/C19H25N5/c20-9-15-14-5-6-21-10-16(14)18(13-3-4-13)23-19(15)24-8-7-22-17(11-24)12-1-2-12/h12-13,17,21-22H,1-8,10-11H2. The summed E-state index contributed by atoms with van der Waals surface area (Å²) in [7, 11) is 0. The maximum absolute atomic E-state index is 9.88. The van der Waals surface area contributed by atoms with Crippen molar-refractivity contribution in [2.24, 2.45) is 5.92 Å². The maximum Gasteiger partial charge on any atom is 0.147 e. The van der Waals surface area contributed by atoms with Crippen LogP contribution >= 0.6 is 0 Å². The van der Waals surface area contributed by atoms with Crippen LogP contribution in [-0.2, 0) is 13.0 Å². The first-order valence-electron chi connectivity index (χ1n) is 9.50. The van der Waals surface area contributed by atoms with E-state index in [-0.39, 0.29) is 0 Å². The molecule has 24 heavy (non-hydrogen) atoms. The monoisotopic (exact) mass is 323 g/mol. The second-order valence-electron chi connectivity index (χ2n) is 7.81. The van der Waals surface area contributed by atoms with Gasteiger partial charge >= 0.3 is 0 Å². The lowest BCUT2D eigenvalue weighted by molar-refractivity contribution is 0.416. The molecule has 1 atom stereocenters. The van der Waals surface area contributed by atoms with Gasteiger partial charge in [-0.1, -0.05) is 0 Å². The molecule has 4 aliphatic rings. The largest absolute Gasteiger partial charge is 0.353 e. The van der Waals surface area contributed by atoms with Crippen LogP contribution in [0, 0.1) is 17.2 Å². The molecule has 0 radical (unpaired) electrons. The number of nitrogens with one attached hydrogen (secondary N) is 2. The number of hydrogen-bond donors (Lipinski definition) is 2. The van der Waals surface area contributed by atoms with Gasteiger partial charge in [-0.15, -0.1) is 0 Å².